The third kappa shape index (κ3) is 2.83. The van der Waals surface area contributed by atoms with Crippen LogP contribution in [0.5, 0.6) is 0 Å². The van der Waals surface area contributed by atoms with Crippen LogP contribution >= 0.6 is 11.8 Å². The van der Waals surface area contributed by atoms with E-state index in [-0.39, 0.29) is 11.4 Å². The van der Waals surface area contributed by atoms with Crippen molar-refractivity contribution in [1.29, 1.82) is 0 Å². The van der Waals surface area contributed by atoms with E-state index < -0.39 is 12.0 Å². The predicted molar refractivity (Wildman–Crippen MR) is 75.1 cm³/mol. The number of aliphatic carboxylic acids is 1. The number of hydrogen-bond donors (Lipinski definition) is 1. The van der Waals surface area contributed by atoms with E-state index in [1.807, 2.05) is 11.8 Å². The number of nitrogens with zero attached hydrogens (tertiary/aromatic N) is 2. The van der Waals surface area contributed by atoms with Crippen LogP contribution in [0.3, 0.4) is 0 Å². The minimum Gasteiger partial charge on any atom is -0.480 e. The van der Waals surface area contributed by atoms with Crippen molar-refractivity contribution < 1.29 is 14.7 Å². The topological polar surface area (TPSA) is 60.9 Å². The van der Waals surface area contributed by atoms with Gasteiger partial charge in [-0.15, -0.1) is 11.8 Å². The summed E-state index contributed by atoms with van der Waals surface area (Å²) >= 11 is 1.53. The van der Waals surface area contributed by atoms with Crippen LogP contribution in [-0.4, -0.2) is 57.2 Å². The number of urea groups is 1. The van der Waals surface area contributed by atoms with Gasteiger partial charge in [0.2, 0.25) is 0 Å². The fourth-order valence-corrected chi connectivity index (χ4v) is 3.89. The molecule has 1 N–H and O–H groups in total. The van der Waals surface area contributed by atoms with Crippen LogP contribution in [0.2, 0.25) is 0 Å². The number of rotatable bonds is 1. The number of carbonyl (C=O) groups is 2. The highest BCUT2D eigenvalue weighted by molar-refractivity contribution is 8.00. The van der Waals surface area contributed by atoms with E-state index in [0.717, 1.165) is 19.5 Å². The Bertz CT molecular complexity index is 377. The van der Waals surface area contributed by atoms with E-state index >= 15 is 0 Å². The van der Waals surface area contributed by atoms with Gasteiger partial charge in [-0.1, -0.05) is 13.8 Å². The van der Waals surface area contributed by atoms with Gasteiger partial charge in [0.25, 0.3) is 0 Å². The molecular weight excluding hydrogens is 264 g/mol. The number of carbonyl (C=O) groups excluding carboxylic acids is 1. The summed E-state index contributed by atoms with van der Waals surface area (Å²) in [7, 11) is 0. The fourth-order valence-electron chi connectivity index (χ4n) is 2.72. The fraction of sp³-hybridized carbons (Fsp3) is 0.846. The third-order valence-corrected chi connectivity index (χ3v) is 5.55. The molecule has 2 fully saturated rings. The van der Waals surface area contributed by atoms with Gasteiger partial charge in [-0.05, 0) is 25.2 Å². The monoisotopic (exact) mass is 286 g/mol. The molecule has 0 saturated carbocycles. The molecule has 4 atom stereocenters. The zero-order valence-corrected chi connectivity index (χ0v) is 12.5. The van der Waals surface area contributed by atoms with E-state index in [9.17, 15) is 14.7 Å². The first kappa shape index (κ1) is 14.5. The molecule has 6 heteroatoms. The minimum atomic E-state index is -0.899. The molecule has 0 spiro atoms. The first-order valence-electron chi connectivity index (χ1n) is 6.83. The number of thioether (sulfide) groups is 1. The lowest BCUT2D eigenvalue weighted by molar-refractivity contribution is -0.141. The van der Waals surface area contributed by atoms with Gasteiger partial charge in [0.15, 0.2) is 0 Å². The normalized spacial score (nSPS) is 35.5. The standard InChI is InChI=1S/C13H22N2O3S/c1-8-4-5-14(6-9(8)2)13(18)15-10(3)19-7-11(15)12(16)17/h8-11H,4-7H2,1-3H3,(H,16,17). The number of carboxylic acid groups (broad SMARTS) is 1. The highest BCUT2D eigenvalue weighted by atomic mass is 32.2. The summed E-state index contributed by atoms with van der Waals surface area (Å²) in [4.78, 5) is 27.1. The highest BCUT2D eigenvalue weighted by Crippen LogP contribution is 2.31. The van der Waals surface area contributed by atoms with Gasteiger partial charge in [0, 0.05) is 18.8 Å². The van der Waals surface area contributed by atoms with Crippen molar-refractivity contribution >= 4 is 23.8 Å². The Labute approximate surface area is 118 Å². The molecule has 0 bridgehead atoms. The predicted octanol–water partition coefficient (Wildman–Crippen LogP) is 1.93. The highest BCUT2D eigenvalue weighted by Gasteiger charge is 2.42. The molecule has 19 heavy (non-hydrogen) atoms. The first-order valence-corrected chi connectivity index (χ1v) is 7.88. The molecule has 4 unspecified atom stereocenters. The van der Waals surface area contributed by atoms with Crippen LogP contribution in [0.15, 0.2) is 0 Å². The zero-order valence-electron chi connectivity index (χ0n) is 11.7. The Morgan fingerprint density at radius 1 is 1.21 bits per heavy atom. The van der Waals surface area contributed by atoms with Crippen molar-refractivity contribution in [3.63, 3.8) is 0 Å². The van der Waals surface area contributed by atoms with E-state index in [1.54, 1.807) is 0 Å². The number of amides is 2. The van der Waals surface area contributed by atoms with Crippen LogP contribution in [0.4, 0.5) is 4.79 Å². The summed E-state index contributed by atoms with van der Waals surface area (Å²) in [5, 5.41) is 9.16. The van der Waals surface area contributed by atoms with Gasteiger partial charge >= 0.3 is 12.0 Å². The lowest BCUT2D eigenvalue weighted by atomic mass is 9.89. The summed E-state index contributed by atoms with van der Waals surface area (Å²) in [5.41, 5.74) is 0. The molecule has 0 aromatic carbocycles. The molecule has 0 radical (unpaired) electrons. The largest absolute Gasteiger partial charge is 0.480 e. The van der Waals surface area contributed by atoms with Crippen LogP contribution < -0.4 is 0 Å². The maximum absolute atomic E-state index is 12.6. The van der Waals surface area contributed by atoms with Gasteiger partial charge < -0.3 is 10.0 Å². The van der Waals surface area contributed by atoms with Crippen LogP contribution in [-0.2, 0) is 4.79 Å². The molecule has 0 aromatic rings. The molecule has 2 heterocycles. The SMILES string of the molecule is CC1CCN(C(=O)N2C(C)SCC2C(=O)O)CC1C. The molecule has 2 amide bonds. The quantitative estimate of drug-likeness (QED) is 0.800. The van der Waals surface area contributed by atoms with Crippen LogP contribution in [0.25, 0.3) is 0 Å². The van der Waals surface area contributed by atoms with Crippen molar-refractivity contribution in [3.05, 3.63) is 0 Å². The lowest BCUT2D eigenvalue weighted by Gasteiger charge is -2.39. The van der Waals surface area contributed by atoms with Gasteiger partial charge in [-0.25, -0.2) is 9.59 Å². The van der Waals surface area contributed by atoms with Gasteiger partial charge in [0.1, 0.15) is 6.04 Å². The van der Waals surface area contributed by atoms with Crippen molar-refractivity contribution in [2.24, 2.45) is 11.8 Å². The van der Waals surface area contributed by atoms with Crippen molar-refractivity contribution in [2.45, 2.75) is 38.6 Å². The second-order valence-electron chi connectivity index (χ2n) is 5.67. The Balaban J connectivity index is 2.08. The first-order chi connectivity index (χ1) is 8.91. The Morgan fingerprint density at radius 3 is 2.47 bits per heavy atom. The van der Waals surface area contributed by atoms with Crippen molar-refractivity contribution in [1.82, 2.24) is 9.80 Å². The van der Waals surface area contributed by atoms with E-state index in [1.165, 1.54) is 16.7 Å². The average molecular weight is 286 g/mol. The molecule has 0 aliphatic carbocycles. The molecular formula is C13H22N2O3S. The lowest BCUT2D eigenvalue weighted by Crippen LogP contribution is -2.54. The Morgan fingerprint density at radius 2 is 1.89 bits per heavy atom. The number of piperidine rings is 1. The number of carboxylic acids is 1. The molecule has 5 nitrogen and oxygen atoms in total. The summed E-state index contributed by atoms with van der Waals surface area (Å²) in [6.07, 6.45) is 1.00. The summed E-state index contributed by atoms with van der Waals surface area (Å²) in [6.45, 7) is 7.74. The minimum absolute atomic E-state index is 0.0525. The van der Waals surface area contributed by atoms with Gasteiger partial charge in [-0.2, -0.15) is 0 Å². The smallest absolute Gasteiger partial charge is 0.327 e. The van der Waals surface area contributed by atoms with Crippen LogP contribution in [0, 0.1) is 11.8 Å². The average Bonchev–Trinajstić information content (AvgIpc) is 2.74. The maximum Gasteiger partial charge on any atom is 0.327 e. The number of likely N-dealkylation sites (tertiary alicyclic amines) is 1. The summed E-state index contributed by atoms with van der Waals surface area (Å²) in [5.74, 6) is 0.696. The Hall–Kier alpha value is -0.910. The zero-order chi connectivity index (χ0) is 14.2. The third-order valence-electron chi connectivity index (χ3n) is 4.33. The summed E-state index contributed by atoms with van der Waals surface area (Å²) < 4.78 is 0. The Kier molecular flexibility index (Phi) is 4.28. The maximum atomic E-state index is 12.6. The molecule has 2 rings (SSSR count). The molecule has 2 saturated heterocycles. The van der Waals surface area contributed by atoms with Gasteiger partial charge in [0.05, 0.1) is 5.37 Å². The second-order valence-corrected chi connectivity index (χ2v) is 7.01. The van der Waals surface area contributed by atoms with Gasteiger partial charge in [-0.3, -0.25) is 4.90 Å². The van der Waals surface area contributed by atoms with E-state index in [0.29, 0.717) is 17.6 Å². The molecule has 0 aromatic heterocycles. The van der Waals surface area contributed by atoms with Crippen molar-refractivity contribution in [2.75, 3.05) is 18.8 Å². The molecule has 2 aliphatic heterocycles. The van der Waals surface area contributed by atoms with Crippen molar-refractivity contribution in [3.8, 4) is 0 Å². The molecule has 108 valence electrons. The van der Waals surface area contributed by atoms with E-state index in [2.05, 4.69) is 13.8 Å². The summed E-state index contributed by atoms with van der Waals surface area (Å²) in [6, 6.07) is -0.786. The van der Waals surface area contributed by atoms with E-state index in [4.69, 9.17) is 0 Å². The molecule has 2 aliphatic rings. The second kappa shape index (κ2) is 5.61. The number of hydrogen-bond acceptors (Lipinski definition) is 3. The van der Waals surface area contributed by atoms with Crippen LogP contribution in [0.1, 0.15) is 27.2 Å².